The van der Waals surface area contributed by atoms with Crippen LogP contribution >= 0.6 is 0 Å². The van der Waals surface area contributed by atoms with Crippen molar-refractivity contribution >= 4 is 34.2 Å². The van der Waals surface area contributed by atoms with Gasteiger partial charge in [0.25, 0.3) is 5.91 Å². The van der Waals surface area contributed by atoms with Crippen molar-refractivity contribution in [3.8, 4) is 5.75 Å². The third-order valence-electron chi connectivity index (χ3n) is 4.78. The van der Waals surface area contributed by atoms with Gasteiger partial charge in [-0.3, -0.25) is 9.59 Å². The van der Waals surface area contributed by atoms with Gasteiger partial charge in [-0.2, -0.15) is 0 Å². The summed E-state index contributed by atoms with van der Waals surface area (Å²) in [5.74, 6) is -0.0138. The number of carbonyl (C=O) groups is 2. The molecule has 148 valence electrons. The molecule has 0 saturated carbocycles. The molecule has 7 heteroatoms. The summed E-state index contributed by atoms with van der Waals surface area (Å²) in [6, 6.07) is 11.9. The summed E-state index contributed by atoms with van der Waals surface area (Å²) in [5, 5.41) is 6.44. The zero-order valence-electron chi connectivity index (χ0n) is 16.1. The fourth-order valence-electron chi connectivity index (χ4n) is 3.36. The molecule has 2 aromatic carbocycles. The molecule has 1 aromatic heterocycles. The monoisotopic (exact) mass is 392 g/mol. The Hall–Kier alpha value is -3.61. The Labute approximate surface area is 166 Å². The van der Waals surface area contributed by atoms with E-state index in [1.54, 1.807) is 31.2 Å². The Bertz CT molecular complexity index is 1180. The van der Waals surface area contributed by atoms with Crippen LogP contribution in [0, 0.1) is 6.92 Å². The van der Waals surface area contributed by atoms with Gasteiger partial charge in [-0.25, -0.2) is 4.79 Å². The first-order chi connectivity index (χ1) is 13.9. The molecule has 0 spiro atoms. The van der Waals surface area contributed by atoms with Crippen LogP contribution in [0.2, 0.25) is 0 Å². The van der Waals surface area contributed by atoms with Crippen LogP contribution in [0.25, 0.3) is 11.0 Å². The molecule has 4 rings (SSSR count). The molecule has 1 aliphatic heterocycles. The Morgan fingerprint density at radius 3 is 2.76 bits per heavy atom. The van der Waals surface area contributed by atoms with E-state index in [-0.39, 0.29) is 11.8 Å². The number of fused-ring (bicyclic) bond motifs is 2. The van der Waals surface area contributed by atoms with Crippen molar-refractivity contribution in [1.82, 2.24) is 0 Å². The molecule has 0 bridgehead atoms. The minimum absolute atomic E-state index is 0.0705. The van der Waals surface area contributed by atoms with Gasteiger partial charge in [0.05, 0.1) is 11.4 Å². The molecule has 3 aromatic rings. The van der Waals surface area contributed by atoms with Crippen LogP contribution in [0.5, 0.6) is 5.75 Å². The molecule has 7 nitrogen and oxygen atoms in total. The minimum Gasteiger partial charge on any atom is -0.481 e. The van der Waals surface area contributed by atoms with Crippen LogP contribution in [-0.2, 0) is 16.0 Å². The van der Waals surface area contributed by atoms with Crippen LogP contribution in [0.4, 0.5) is 11.4 Å². The van der Waals surface area contributed by atoms with Gasteiger partial charge in [0.15, 0.2) is 6.10 Å². The minimum atomic E-state index is -0.807. The van der Waals surface area contributed by atoms with Crippen molar-refractivity contribution in [2.45, 2.75) is 32.8 Å². The lowest BCUT2D eigenvalue weighted by molar-refractivity contribution is -0.122. The van der Waals surface area contributed by atoms with Crippen molar-refractivity contribution in [1.29, 1.82) is 0 Å². The van der Waals surface area contributed by atoms with Crippen LogP contribution < -0.4 is 21.0 Å². The van der Waals surface area contributed by atoms with E-state index in [0.717, 1.165) is 16.5 Å². The number of carbonyl (C=O) groups excluding carboxylic acids is 2. The number of hydrogen-bond acceptors (Lipinski definition) is 5. The molecule has 1 aliphatic rings. The van der Waals surface area contributed by atoms with Gasteiger partial charge in [0, 0.05) is 23.9 Å². The second-order valence-electron chi connectivity index (χ2n) is 7.10. The molecule has 0 aliphatic carbocycles. The van der Waals surface area contributed by atoms with E-state index in [1.165, 1.54) is 6.07 Å². The molecule has 2 N–H and O–H groups in total. The van der Waals surface area contributed by atoms with E-state index in [9.17, 15) is 14.4 Å². The Kier molecular flexibility index (Phi) is 4.80. The van der Waals surface area contributed by atoms with Gasteiger partial charge in [-0.05, 0) is 55.7 Å². The zero-order chi connectivity index (χ0) is 20.5. The van der Waals surface area contributed by atoms with E-state index in [2.05, 4.69) is 10.6 Å². The average Bonchev–Trinajstić information content (AvgIpc) is 2.68. The highest BCUT2D eigenvalue weighted by Crippen LogP contribution is 2.32. The van der Waals surface area contributed by atoms with Crippen molar-refractivity contribution < 1.29 is 18.7 Å². The largest absolute Gasteiger partial charge is 0.481 e. The standard InChI is InChI=1S/C22H20N2O5/c1-12-9-15-4-7-19(25)24-21(15)17(10-12)23-22(27)13(2)28-16-6-3-14-5-8-20(26)29-18(14)11-16/h3,5-6,8-11,13H,4,7H2,1-2H3,(H,23,27)(H,24,25). The smallest absolute Gasteiger partial charge is 0.336 e. The van der Waals surface area contributed by atoms with Gasteiger partial charge in [0.2, 0.25) is 5.91 Å². The first-order valence-corrected chi connectivity index (χ1v) is 9.34. The van der Waals surface area contributed by atoms with E-state index >= 15 is 0 Å². The summed E-state index contributed by atoms with van der Waals surface area (Å²) >= 11 is 0. The lowest BCUT2D eigenvalue weighted by Crippen LogP contribution is -2.31. The molecule has 1 unspecified atom stereocenters. The molecular formula is C22H20N2O5. The maximum Gasteiger partial charge on any atom is 0.336 e. The third kappa shape index (κ3) is 3.99. The summed E-state index contributed by atoms with van der Waals surface area (Å²) in [6.45, 7) is 3.57. The van der Waals surface area contributed by atoms with Crippen LogP contribution in [0.3, 0.4) is 0 Å². The maximum atomic E-state index is 12.7. The molecule has 29 heavy (non-hydrogen) atoms. The topological polar surface area (TPSA) is 97.6 Å². The fourth-order valence-corrected chi connectivity index (χ4v) is 3.36. The molecule has 1 atom stereocenters. The summed E-state index contributed by atoms with van der Waals surface area (Å²) in [6.07, 6.45) is 0.264. The summed E-state index contributed by atoms with van der Waals surface area (Å²) in [4.78, 5) is 35.9. The van der Waals surface area contributed by atoms with Crippen LogP contribution in [-0.4, -0.2) is 17.9 Å². The highest BCUT2D eigenvalue weighted by Gasteiger charge is 2.22. The first kappa shape index (κ1) is 18.7. The lowest BCUT2D eigenvalue weighted by Gasteiger charge is -2.22. The Morgan fingerprint density at radius 1 is 1.14 bits per heavy atom. The second-order valence-corrected chi connectivity index (χ2v) is 7.10. The van der Waals surface area contributed by atoms with Crippen molar-refractivity contribution in [3.05, 3.63) is 64.0 Å². The van der Waals surface area contributed by atoms with E-state index in [0.29, 0.717) is 35.5 Å². The highest BCUT2D eigenvalue weighted by atomic mass is 16.5. The number of aryl methyl sites for hydroxylation is 2. The number of rotatable bonds is 4. The Balaban J connectivity index is 1.53. The summed E-state index contributed by atoms with van der Waals surface area (Å²) in [7, 11) is 0. The predicted molar refractivity (Wildman–Crippen MR) is 109 cm³/mol. The average molecular weight is 392 g/mol. The predicted octanol–water partition coefficient (Wildman–Crippen LogP) is 3.39. The highest BCUT2D eigenvalue weighted by molar-refractivity contribution is 6.03. The third-order valence-corrected chi connectivity index (χ3v) is 4.78. The number of hydrogen-bond donors (Lipinski definition) is 2. The van der Waals surface area contributed by atoms with Crippen LogP contribution in [0.1, 0.15) is 24.5 Å². The van der Waals surface area contributed by atoms with Gasteiger partial charge in [-0.15, -0.1) is 0 Å². The number of benzene rings is 2. The Morgan fingerprint density at radius 2 is 1.93 bits per heavy atom. The van der Waals surface area contributed by atoms with Gasteiger partial charge >= 0.3 is 5.63 Å². The normalized spacial score (nSPS) is 14.1. The fraction of sp³-hybridized carbons (Fsp3) is 0.227. The van der Waals surface area contributed by atoms with E-state index < -0.39 is 11.7 Å². The zero-order valence-corrected chi connectivity index (χ0v) is 16.1. The molecule has 0 radical (unpaired) electrons. The quantitative estimate of drug-likeness (QED) is 0.663. The second kappa shape index (κ2) is 7.43. The lowest BCUT2D eigenvalue weighted by atomic mass is 9.99. The van der Waals surface area contributed by atoms with Crippen molar-refractivity contribution in [2.24, 2.45) is 0 Å². The van der Waals surface area contributed by atoms with E-state index in [1.807, 2.05) is 19.1 Å². The maximum absolute atomic E-state index is 12.7. The molecule has 2 heterocycles. The molecular weight excluding hydrogens is 372 g/mol. The van der Waals surface area contributed by atoms with Gasteiger partial charge in [-0.1, -0.05) is 6.07 Å². The number of amides is 2. The molecule has 0 fully saturated rings. The van der Waals surface area contributed by atoms with Gasteiger partial charge in [0.1, 0.15) is 11.3 Å². The van der Waals surface area contributed by atoms with Crippen molar-refractivity contribution in [3.63, 3.8) is 0 Å². The van der Waals surface area contributed by atoms with Crippen LogP contribution in [0.15, 0.2) is 51.7 Å². The number of ether oxygens (including phenoxy) is 1. The van der Waals surface area contributed by atoms with Gasteiger partial charge < -0.3 is 19.8 Å². The molecule has 2 amide bonds. The van der Waals surface area contributed by atoms with Crippen molar-refractivity contribution in [2.75, 3.05) is 10.6 Å². The van der Waals surface area contributed by atoms with E-state index in [4.69, 9.17) is 9.15 Å². The first-order valence-electron chi connectivity index (χ1n) is 9.34. The summed E-state index contributed by atoms with van der Waals surface area (Å²) in [5.41, 5.74) is 3.12. The summed E-state index contributed by atoms with van der Waals surface area (Å²) < 4.78 is 10.9. The number of nitrogens with one attached hydrogen (secondary N) is 2. The molecule has 0 saturated heterocycles. The SMILES string of the molecule is Cc1cc2c(c(NC(=O)C(C)Oc3ccc4ccc(=O)oc4c3)c1)NC(=O)CC2. The number of anilines is 2.